The van der Waals surface area contributed by atoms with Crippen LogP contribution in [0.2, 0.25) is 0 Å². The smallest absolute Gasteiger partial charge is 0.214 e. The van der Waals surface area contributed by atoms with Gasteiger partial charge in [-0.1, -0.05) is 47.2 Å². The zero-order chi connectivity index (χ0) is 10.1. The van der Waals surface area contributed by atoms with Gasteiger partial charge < -0.3 is 0 Å². The summed E-state index contributed by atoms with van der Waals surface area (Å²) in [5, 5.41) is 1.82. The van der Waals surface area contributed by atoms with Crippen LogP contribution in [0.15, 0.2) is 24.3 Å². The van der Waals surface area contributed by atoms with Gasteiger partial charge in [0.05, 0.1) is 0 Å². The molecule has 13 heavy (non-hydrogen) atoms. The van der Waals surface area contributed by atoms with Crippen molar-refractivity contribution < 1.29 is 8.42 Å². The van der Waals surface area contributed by atoms with Crippen LogP contribution >= 0.6 is 15.9 Å². The predicted molar refractivity (Wildman–Crippen MR) is 56.9 cm³/mol. The second kappa shape index (κ2) is 3.32. The van der Waals surface area contributed by atoms with Crippen LogP contribution in [0.4, 0.5) is 0 Å². The molecule has 0 saturated heterocycles. The van der Waals surface area contributed by atoms with Crippen molar-refractivity contribution in [3.63, 3.8) is 0 Å². The predicted octanol–water partition coefficient (Wildman–Crippen LogP) is 1.85. The number of alkyl halides is 1. The van der Waals surface area contributed by atoms with E-state index in [-0.39, 0.29) is 5.92 Å². The summed E-state index contributed by atoms with van der Waals surface area (Å²) in [5.74, 6) is -0.168. The molecule has 0 heterocycles. The van der Waals surface area contributed by atoms with Gasteiger partial charge in [-0.15, -0.1) is 6.42 Å². The minimum Gasteiger partial charge on any atom is -0.214 e. The second-order valence-electron chi connectivity index (χ2n) is 2.85. The normalized spacial score (nSPS) is 32.8. The fourth-order valence-corrected chi connectivity index (χ4v) is 2.72. The van der Waals surface area contributed by atoms with Crippen molar-refractivity contribution in [2.75, 3.05) is 0 Å². The molecule has 0 bridgehead atoms. The lowest BCUT2D eigenvalue weighted by atomic mass is 10.0. The zero-order valence-corrected chi connectivity index (χ0v) is 9.47. The van der Waals surface area contributed by atoms with Crippen molar-refractivity contribution in [3.05, 3.63) is 24.3 Å². The molecule has 0 fully saturated rings. The van der Waals surface area contributed by atoms with E-state index < -0.39 is 13.5 Å². The van der Waals surface area contributed by atoms with Crippen molar-refractivity contribution >= 4 is 25.8 Å². The highest BCUT2D eigenvalue weighted by atomic mass is 79.9. The topological polar surface area (TPSA) is 34.1 Å². The van der Waals surface area contributed by atoms with Crippen LogP contribution in [0.3, 0.4) is 0 Å². The van der Waals surface area contributed by atoms with E-state index in [1.54, 1.807) is 31.2 Å². The molecule has 0 aromatic heterocycles. The van der Waals surface area contributed by atoms with E-state index in [2.05, 4.69) is 15.9 Å². The Labute approximate surface area is 86.8 Å². The maximum Gasteiger partial charge on any atom is 0.236 e. The molecule has 1 aliphatic rings. The number of terminal acetylenes is 1. The SMILES string of the molecule is C#CS(=O)(=O)C1(Br)C=CC=CC1C. The Hall–Kier alpha value is -0.530. The van der Waals surface area contributed by atoms with Crippen LogP contribution in [0.25, 0.3) is 0 Å². The van der Waals surface area contributed by atoms with Gasteiger partial charge in [0.25, 0.3) is 0 Å². The summed E-state index contributed by atoms with van der Waals surface area (Å²) in [6.45, 7) is 1.80. The fourth-order valence-electron chi connectivity index (χ4n) is 1.13. The Morgan fingerprint density at radius 2 is 2.15 bits per heavy atom. The van der Waals surface area contributed by atoms with Crippen LogP contribution in [0.5, 0.6) is 0 Å². The van der Waals surface area contributed by atoms with E-state index in [1.165, 1.54) is 0 Å². The molecule has 0 amide bonds. The van der Waals surface area contributed by atoms with Crippen molar-refractivity contribution in [2.24, 2.45) is 5.92 Å². The monoisotopic (exact) mass is 260 g/mol. The molecule has 0 radical (unpaired) electrons. The van der Waals surface area contributed by atoms with Gasteiger partial charge >= 0.3 is 0 Å². The first kappa shape index (κ1) is 10.6. The van der Waals surface area contributed by atoms with Gasteiger partial charge in [-0.3, -0.25) is 0 Å². The molecule has 1 rings (SSSR count). The molecule has 2 unspecified atom stereocenters. The zero-order valence-electron chi connectivity index (χ0n) is 7.07. The highest BCUT2D eigenvalue weighted by Gasteiger charge is 2.42. The first-order chi connectivity index (χ1) is 5.94. The standard InChI is InChI=1S/C9H9BrO2S/c1-3-13(11,12)9(10)7-5-4-6-8(9)2/h1,4-8H,2H3. The summed E-state index contributed by atoms with van der Waals surface area (Å²) >= 11 is 3.17. The van der Waals surface area contributed by atoms with Gasteiger partial charge in [0.1, 0.15) is 0 Å². The lowest BCUT2D eigenvalue weighted by molar-refractivity contribution is 0.575. The van der Waals surface area contributed by atoms with Crippen molar-refractivity contribution in [1.29, 1.82) is 0 Å². The number of allylic oxidation sites excluding steroid dienone is 3. The van der Waals surface area contributed by atoms with Gasteiger partial charge in [-0.05, 0) is 0 Å². The molecule has 0 saturated carbocycles. The summed E-state index contributed by atoms with van der Waals surface area (Å²) < 4.78 is 21.9. The number of rotatable bonds is 1. The summed E-state index contributed by atoms with van der Waals surface area (Å²) in [7, 11) is -3.56. The van der Waals surface area contributed by atoms with E-state index in [9.17, 15) is 8.42 Å². The lowest BCUT2D eigenvalue weighted by Gasteiger charge is -2.27. The van der Waals surface area contributed by atoms with Gasteiger partial charge in [0.15, 0.2) is 3.66 Å². The molecule has 0 N–H and O–H groups in total. The minimum atomic E-state index is -3.56. The molecule has 2 atom stereocenters. The maximum absolute atomic E-state index is 11.5. The number of sulfone groups is 1. The second-order valence-corrected chi connectivity index (χ2v) is 6.61. The van der Waals surface area contributed by atoms with Crippen LogP contribution in [0.1, 0.15) is 6.92 Å². The average Bonchev–Trinajstić information content (AvgIpc) is 2.10. The molecule has 0 aliphatic heterocycles. The molecule has 70 valence electrons. The highest BCUT2D eigenvalue weighted by molar-refractivity contribution is 9.11. The van der Waals surface area contributed by atoms with Crippen LogP contribution < -0.4 is 0 Å². The van der Waals surface area contributed by atoms with E-state index in [0.29, 0.717) is 0 Å². The molecule has 0 aromatic carbocycles. The van der Waals surface area contributed by atoms with E-state index in [1.807, 2.05) is 5.25 Å². The van der Waals surface area contributed by atoms with Gasteiger partial charge in [-0.2, -0.15) is 0 Å². The first-order valence-electron chi connectivity index (χ1n) is 3.71. The van der Waals surface area contributed by atoms with Gasteiger partial charge in [-0.25, -0.2) is 8.42 Å². The van der Waals surface area contributed by atoms with Crippen molar-refractivity contribution in [1.82, 2.24) is 0 Å². The van der Waals surface area contributed by atoms with Crippen molar-refractivity contribution in [2.45, 2.75) is 10.6 Å². The van der Waals surface area contributed by atoms with Gasteiger partial charge in [0, 0.05) is 11.2 Å². The molecular weight excluding hydrogens is 252 g/mol. The Bertz CT molecular complexity index is 400. The Morgan fingerprint density at radius 3 is 2.62 bits per heavy atom. The number of hydrogen-bond donors (Lipinski definition) is 0. The van der Waals surface area contributed by atoms with Crippen LogP contribution in [-0.2, 0) is 9.84 Å². The van der Waals surface area contributed by atoms with Gasteiger partial charge in [0.2, 0.25) is 9.84 Å². The van der Waals surface area contributed by atoms with E-state index in [4.69, 9.17) is 6.42 Å². The fraction of sp³-hybridized carbons (Fsp3) is 0.333. The minimum absolute atomic E-state index is 0.168. The van der Waals surface area contributed by atoms with Crippen LogP contribution in [-0.4, -0.2) is 12.1 Å². The van der Waals surface area contributed by atoms with E-state index >= 15 is 0 Å². The number of hydrogen-bond acceptors (Lipinski definition) is 2. The Kier molecular flexibility index (Phi) is 2.69. The third-order valence-corrected chi connectivity index (χ3v) is 5.93. The third-order valence-electron chi connectivity index (χ3n) is 2.02. The van der Waals surface area contributed by atoms with E-state index in [0.717, 1.165) is 0 Å². The Balaban J connectivity index is 3.25. The molecule has 2 nitrogen and oxygen atoms in total. The summed E-state index contributed by atoms with van der Waals surface area (Å²) in [6, 6.07) is 0. The quantitative estimate of drug-likeness (QED) is 0.410. The third kappa shape index (κ3) is 1.59. The molecule has 0 aromatic rings. The lowest BCUT2D eigenvalue weighted by Crippen LogP contribution is -2.35. The molecular formula is C9H9BrO2S. The summed E-state index contributed by atoms with van der Waals surface area (Å²) in [4.78, 5) is 0. The Morgan fingerprint density at radius 1 is 1.54 bits per heavy atom. The first-order valence-corrected chi connectivity index (χ1v) is 5.98. The van der Waals surface area contributed by atoms with Crippen LogP contribution in [0, 0.1) is 17.6 Å². The van der Waals surface area contributed by atoms with Crippen molar-refractivity contribution in [3.8, 4) is 11.7 Å². The maximum atomic E-state index is 11.5. The molecule has 4 heteroatoms. The largest absolute Gasteiger partial charge is 0.236 e. The number of halogens is 1. The average molecular weight is 261 g/mol. The summed E-state index contributed by atoms with van der Waals surface area (Å²) in [5.41, 5.74) is 0. The molecule has 1 aliphatic carbocycles. The summed E-state index contributed by atoms with van der Waals surface area (Å²) in [6.07, 6.45) is 11.8. The molecule has 0 spiro atoms. The highest BCUT2D eigenvalue weighted by Crippen LogP contribution is 2.38.